The molecular formula is C22H21N3O5S2. The van der Waals surface area contributed by atoms with Gasteiger partial charge in [-0.2, -0.15) is 4.31 Å². The number of amides is 1. The highest BCUT2D eigenvalue weighted by Crippen LogP contribution is 2.30. The fraction of sp³-hybridized carbons (Fsp3) is 0.182. The van der Waals surface area contributed by atoms with Crippen LogP contribution in [0.2, 0.25) is 0 Å². The van der Waals surface area contributed by atoms with Crippen LogP contribution in [0.5, 0.6) is 5.75 Å². The molecule has 0 saturated carbocycles. The van der Waals surface area contributed by atoms with Crippen LogP contribution in [0.3, 0.4) is 0 Å². The molecule has 0 unspecified atom stereocenters. The summed E-state index contributed by atoms with van der Waals surface area (Å²) in [5, 5.41) is 1.71. The number of hydrogen-bond donors (Lipinski definition) is 0. The summed E-state index contributed by atoms with van der Waals surface area (Å²) in [6.45, 7) is 2.31. The summed E-state index contributed by atoms with van der Waals surface area (Å²) in [6, 6.07) is 13.9. The maximum Gasteiger partial charge on any atom is 0.328 e. The number of fused-ring (bicyclic) bond motifs is 1. The Morgan fingerprint density at radius 3 is 2.34 bits per heavy atom. The first kappa shape index (κ1) is 21.8. The third-order valence-electron chi connectivity index (χ3n) is 5.08. The van der Waals surface area contributed by atoms with Gasteiger partial charge < -0.3 is 4.74 Å². The molecule has 2 aromatic heterocycles. The van der Waals surface area contributed by atoms with E-state index in [4.69, 9.17) is 4.74 Å². The smallest absolute Gasteiger partial charge is 0.328 e. The Hall–Kier alpha value is -3.37. The maximum atomic E-state index is 13.7. The first-order valence-corrected chi connectivity index (χ1v) is 12.1. The Morgan fingerprint density at radius 1 is 1.03 bits per heavy atom. The van der Waals surface area contributed by atoms with Crippen molar-refractivity contribution in [3.63, 3.8) is 0 Å². The summed E-state index contributed by atoms with van der Waals surface area (Å²) in [7, 11) is -1.10. The molecule has 2 aromatic carbocycles. The molecule has 0 bridgehead atoms. The van der Waals surface area contributed by atoms with Crippen molar-refractivity contribution in [1.29, 1.82) is 0 Å². The van der Waals surface area contributed by atoms with Crippen LogP contribution in [0, 0.1) is 0 Å². The molecule has 0 fully saturated rings. The number of imidazole rings is 1. The van der Waals surface area contributed by atoms with Gasteiger partial charge >= 0.3 is 5.69 Å². The monoisotopic (exact) mass is 471 g/mol. The van der Waals surface area contributed by atoms with E-state index < -0.39 is 15.9 Å². The summed E-state index contributed by atoms with van der Waals surface area (Å²) < 4.78 is 36.5. The molecule has 166 valence electrons. The number of nitrogens with zero attached hydrogens (tertiary/aromatic N) is 3. The van der Waals surface area contributed by atoms with Crippen molar-refractivity contribution in [3.05, 3.63) is 75.3 Å². The molecule has 0 aliphatic heterocycles. The molecule has 0 aliphatic carbocycles. The largest absolute Gasteiger partial charge is 0.494 e. The van der Waals surface area contributed by atoms with Gasteiger partial charge in [-0.15, -0.1) is 11.3 Å². The predicted octanol–water partition coefficient (Wildman–Crippen LogP) is 3.37. The van der Waals surface area contributed by atoms with Crippen LogP contribution in [-0.4, -0.2) is 30.1 Å². The van der Waals surface area contributed by atoms with E-state index in [0.29, 0.717) is 23.4 Å². The number of carbonyl (C=O) groups excluding carboxylic acids is 1. The van der Waals surface area contributed by atoms with Crippen molar-refractivity contribution in [2.24, 2.45) is 14.1 Å². The number of hydrogen-bond acceptors (Lipinski definition) is 6. The van der Waals surface area contributed by atoms with Gasteiger partial charge in [0, 0.05) is 14.1 Å². The molecule has 32 heavy (non-hydrogen) atoms. The van der Waals surface area contributed by atoms with Gasteiger partial charge in [0.25, 0.3) is 15.9 Å². The van der Waals surface area contributed by atoms with Crippen LogP contribution in [0.1, 0.15) is 16.6 Å². The highest BCUT2D eigenvalue weighted by atomic mass is 32.2. The molecule has 4 rings (SSSR count). The molecule has 4 aromatic rings. The Morgan fingerprint density at radius 2 is 1.72 bits per heavy atom. The first-order valence-electron chi connectivity index (χ1n) is 9.77. The summed E-state index contributed by atoms with van der Waals surface area (Å²) in [5.41, 5.74) is 0.962. The minimum atomic E-state index is -4.29. The van der Waals surface area contributed by atoms with Gasteiger partial charge in [0.1, 0.15) is 5.75 Å². The van der Waals surface area contributed by atoms with Crippen molar-refractivity contribution < 1.29 is 17.9 Å². The van der Waals surface area contributed by atoms with E-state index >= 15 is 0 Å². The fourth-order valence-corrected chi connectivity index (χ4v) is 5.60. The van der Waals surface area contributed by atoms with Crippen LogP contribution in [-0.2, 0) is 24.1 Å². The first-order chi connectivity index (χ1) is 15.3. The maximum absolute atomic E-state index is 13.7. The third kappa shape index (κ3) is 3.61. The van der Waals surface area contributed by atoms with E-state index in [2.05, 4.69) is 0 Å². The van der Waals surface area contributed by atoms with Crippen LogP contribution in [0.4, 0.5) is 5.69 Å². The van der Waals surface area contributed by atoms with Gasteiger partial charge in [0.05, 0.1) is 33.1 Å². The second-order valence-electron chi connectivity index (χ2n) is 7.03. The Balaban J connectivity index is 1.88. The Labute approximate surface area is 188 Å². The number of carbonyl (C=O) groups is 1. The SMILES string of the molecule is CCOc1ccc(N(C(=O)c2cccs2)S(=O)(=O)c2ccc3c(c2)n(C)c(=O)n3C)cc1. The van der Waals surface area contributed by atoms with Crippen LogP contribution in [0.15, 0.2) is 69.7 Å². The van der Waals surface area contributed by atoms with E-state index in [9.17, 15) is 18.0 Å². The molecule has 2 heterocycles. The molecule has 0 spiro atoms. The van der Waals surface area contributed by atoms with Crippen LogP contribution < -0.4 is 14.7 Å². The van der Waals surface area contributed by atoms with E-state index in [1.807, 2.05) is 6.92 Å². The van der Waals surface area contributed by atoms with E-state index in [0.717, 1.165) is 15.6 Å². The number of thiophene rings is 1. The summed E-state index contributed by atoms with van der Waals surface area (Å²) >= 11 is 1.16. The van der Waals surface area contributed by atoms with Crippen molar-refractivity contribution in [1.82, 2.24) is 9.13 Å². The summed E-state index contributed by atoms with van der Waals surface area (Å²) in [6.07, 6.45) is 0. The lowest BCUT2D eigenvalue weighted by molar-refractivity contribution is 0.101. The molecule has 1 amide bonds. The zero-order valence-corrected chi connectivity index (χ0v) is 19.3. The molecule has 8 nitrogen and oxygen atoms in total. The second-order valence-corrected chi connectivity index (χ2v) is 9.76. The van der Waals surface area contributed by atoms with E-state index in [1.54, 1.807) is 49.8 Å². The van der Waals surface area contributed by atoms with Crippen molar-refractivity contribution >= 4 is 44.0 Å². The predicted molar refractivity (Wildman–Crippen MR) is 124 cm³/mol. The normalized spacial score (nSPS) is 11.6. The van der Waals surface area contributed by atoms with Gasteiger partial charge in [0.2, 0.25) is 0 Å². The zero-order chi connectivity index (χ0) is 23.0. The summed E-state index contributed by atoms with van der Waals surface area (Å²) in [4.78, 5) is 25.7. The standard InChI is InChI=1S/C22H21N3O5S2/c1-4-30-16-9-7-15(8-10-16)25(21(26)20-6-5-13-31-20)32(28,29)17-11-12-18-19(14-17)24(3)22(27)23(18)2/h5-14H,4H2,1-3H3. The molecule has 0 aliphatic rings. The molecular weight excluding hydrogens is 450 g/mol. The number of rotatable bonds is 6. The molecule has 10 heteroatoms. The zero-order valence-electron chi connectivity index (χ0n) is 17.7. The Bertz CT molecular complexity index is 1450. The van der Waals surface area contributed by atoms with Gasteiger partial charge in [-0.25, -0.2) is 13.2 Å². The number of aryl methyl sites for hydroxylation is 2. The highest BCUT2D eigenvalue weighted by Gasteiger charge is 2.33. The van der Waals surface area contributed by atoms with Gasteiger partial charge in [-0.05, 0) is 60.8 Å². The van der Waals surface area contributed by atoms with Gasteiger partial charge in [-0.1, -0.05) is 6.07 Å². The summed E-state index contributed by atoms with van der Waals surface area (Å²) in [5.74, 6) is -0.0934. The Kier molecular flexibility index (Phi) is 5.66. The highest BCUT2D eigenvalue weighted by molar-refractivity contribution is 7.93. The average molecular weight is 472 g/mol. The van der Waals surface area contributed by atoms with E-state index in [1.165, 1.54) is 33.4 Å². The van der Waals surface area contributed by atoms with Crippen LogP contribution in [0.25, 0.3) is 11.0 Å². The number of anilines is 1. The molecule has 0 radical (unpaired) electrons. The fourth-order valence-electron chi connectivity index (χ4n) is 3.46. The quantitative estimate of drug-likeness (QED) is 0.430. The minimum Gasteiger partial charge on any atom is -0.494 e. The minimum absolute atomic E-state index is 0.0926. The topological polar surface area (TPSA) is 90.6 Å². The number of benzene rings is 2. The van der Waals surface area contributed by atoms with Crippen molar-refractivity contribution in [3.8, 4) is 5.75 Å². The molecule has 0 atom stereocenters. The number of sulfonamides is 1. The van der Waals surface area contributed by atoms with Gasteiger partial charge in [0.15, 0.2) is 0 Å². The molecule has 0 saturated heterocycles. The van der Waals surface area contributed by atoms with Crippen LogP contribution >= 0.6 is 11.3 Å². The average Bonchev–Trinajstić information content (AvgIpc) is 3.39. The van der Waals surface area contributed by atoms with Crippen molar-refractivity contribution in [2.45, 2.75) is 11.8 Å². The molecule has 0 N–H and O–H groups in total. The third-order valence-corrected chi connectivity index (χ3v) is 7.65. The lowest BCUT2D eigenvalue weighted by atomic mass is 10.3. The number of ether oxygens (including phenoxy) is 1. The second kappa shape index (κ2) is 8.29. The lowest BCUT2D eigenvalue weighted by Crippen LogP contribution is -2.36. The lowest BCUT2D eigenvalue weighted by Gasteiger charge is -2.22. The number of aromatic nitrogens is 2. The van der Waals surface area contributed by atoms with Gasteiger partial charge in [-0.3, -0.25) is 13.9 Å². The van der Waals surface area contributed by atoms with Crippen molar-refractivity contribution in [2.75, 3.05) is 10.9 Å². The van der Waals surface area contributed by atoms with E-state index in [-0.39, 0.29) is 21.1 Å².